The molecular formula is C15H17FN2O4. The molecule has 0 aromatic heterocycles. The van der Waals surface area contributed by atoms with E-state index in [1.165, 1.54) is 6.07 Å². The van der Waals surface area contributed by atoms with Crippen molar-refractivity contribution in [2.24, 2.45) is 5.92 Å². The van der Waals surface area contributed by atoms with E-state index in [2.05, 4.69) is 10.6 Å². The van der Waals surface area contributed by atoms with Gasteiger partial charge in [0.15, 0.2) is 0 Å². The predicted octanol–water partition coefficient (Wildman–Crippen LogP) is 1.55. The number of carboxylic acids is 1. The number of fused-ring (bicyclic) bond motifs is 1. The zero-order valence-electron chi connectivity index (χ0n) is 12.3. The third-order valence-corrected chi connectivity index (χ3v) is 3.55. The van der Waals surface area contributed by atoms with E-state index in [-0.39, 0.29) is 23.8 Å². The van der Waals surface area contributed by atoms with Crippen LogP contribution in [0.1, 0.15) is 36.2 Å². The first-order valence-corrected chi connectivity index (χ1v) is 6.95. The minimum Gasteiger partial charge on any atom is -0.480 e. The number of aryl methyl sites for hydroxylation is 1. The Balaban J connectivity index is 2.27. The van der Waals surface area contributed by atoms with Crippen LogP contribution in [-0.2, 0) is 16.0 Å². The van der Waals surface area contributed by atoms with E-state index in [1.54, 1.807) is 13.8 Å². The van der Waals surface area contributed by atoms with E-state index in [0.717, 1.165) is 6.07 Å². The molecule has 0 saturated carbocycles. The predicted molar refractivity (Wildman–Crippen MR) is 77.1 cm³/mol. The molecule has 0 saturated heterocycles. The van der Waals surface area contributed by atoms with Gasteiger partial charge >= 0.3 is 5.97 Å². The van der Waals surface area contributed by atoms with Gasteiger partial charge in [-0.15, -0.1) is 0 Å². The molecule has 2 amide bonds. The second-order valence-electron chi connectivity index (χ2n) is 5.57. The fourth-order valence-corrected chi connectivity index (χ4v) is 2.31. The molecule has 6 nitrogen and oxygen atoms in total. The van der Waals surface area contributed by atoms with Crippen LogP contribution < -0.4 is 10.6 Å². The first kappa shape index (κ1) is 15.9. The Kier molecular flexibility index (Phi) is 4.44. The van der Waals surface area contributed by atoms with Crippen LogP contribution in [0.4, 0.5) is 10.1 Å². The molecule has 2 rings (SSSR count). The van der Waals surface area contributed by atoms with Crippen LogP contribution in [0.5, 0.6) is 0 Å². The zero-order valence-corrected chi connectivity index (χ0v) is 12.3. The Labute approximate surface area is 126 Å². The Morgan fingerprint density at radius 1 is 1.32 bits per heavy atom. The highest BCUT2D eigenvalue weighted by Crippen LogP contribution is 2.26. The highest BCUT2D eigenvalue weighted by atomic mass is 19.1. The Hall–Kier alpha value is -2.44. The summed E-state index contributed by atoms with van der Waals surface area (Å²) in [5.74, 6) is -3.28. The lowest BCUT2D eigenvalue weighted by Crippen LogP contribution is -2.44. The summed E-state index contributed by atoms with van der Waals surface area (Å²) in [7, 11) is 0. The summed E-state index contributed by atoms with van der Waals surface area (Å²) in [5, 5.41) is 13.9. The molecule has 0 aliphatic carbocycles. The van der Waals surface area contributed by atoms with Gasteiger partial charge in [-0.3, -0.25) is 9.59 Å². The largest absolute Gasteiger partial charge is 0.480 e. The number of anilines is 1. The van der Waals surface area contributed by atoms with E-state index in [1.807, 2.05) is 0 Å². The van der Waals surface area contributed by atoms with Crippen LogP contribution in [0, 0.1) is 11.7 Å². The summed E-state index contributed by atoms with van der Waals surface area (Å²) in [5.41, 5.74) is 0.785. The van der Waals surface area contributed by atoms with Gasteiger partial charge < -0.3 is 15.7 Å². The van der Waals surface area contributed by atoms with Crippen molar-refractivity contribution in [1.29, 1.82) is 0 Å². The number of hydrogen-bond acceptors (Lipinski definition) is 3. The van der Waals surface area contributed by atoms with Crippen LogP contribution in [0.25, 0.3) is 0 Å². The van der Waals surface area contributed by atoms with Gasteiger partial charge in [-0.25, -0.2) is 9.18 Å². The Morgan fingerprint density at radius 2 is 2.00 bits per heavy atom. The number of hydrogen-bond donors (Lipinski definition) is 3. The highest BCUT2D eigenvalue weighted by molar-refractivity contribution is 5.99. The number of carbonyl (C=O) groups is 3. The molecule has 0 bridgehead atoms. The topological polar surface area (TPSA) is 95.5 Å². The van der Waals surface area contributed by atoms with Gasteiger partial charge in [0, 0.05) is 12.1 Å². The standard InChI is InChI=1S/C15H17FN2O4/c1-7(2)13(15(21)22)18-14(20)9-5-8-3-4-12(19)17-11(8)6-10(9)16/h5-7,13H,3-4H2,1-2H3,(H,17,19)(H,18,20)(H,21,22)/t13-/m1/s1. The van der Waals surface area contributed by atoms with Gasteiger partial charge in [-0.05, 0) is 30.0 Å². The van der Waals surface area contributed by atoms with Crippen molar-refractivity contribution in [3.8, 4) is 0 Å². The first-order valence-electron chi connectivity index (χ1n) is 6.95. The quantitative estimate of drug-likeness (QED) is 0.786. The number of rotatable bonds is 4. The smallest absolute Gasteiger partial charge is 0.326 e. The molecule has 0 spiro atoms. The summed E-state index contributed by atoms with van der Waals surface area (Å²) < 4.78 is 14.0. The van der Waals surface area contributed by atoms with Crippen LogP contribution >= 0.6 is 0 Å². The lowest BCUT2D eigenvalue weighted by atomic mass is 9.98. The monoisotopic (exact) mass is 308 g/mol. The maximum absolute atomic E-state index is 14.0. The van der Waals surface area contributed by atoms with E-state index in [9.17, 15) is 18.8 Å². The SMILES string of the molecule is CC(C)[C@@H](NC(=O)c1cc2c(cc1F)NC(=O)CC2)C(=O)O. The third kappa shape index (κ3) is 3.24. The lowest BCUT2D eigenvalue weighted by Gasteiger charge is -2.20. The number of halogens is 1. The van der Waals surface area contributed by atoms with Crippen molar-refractivity contribution < 1.29 is 23.9 Å². The van der Waals surface area contributed by atoms with Crippen molar-refractivity contribution in [2.75, 3.05) is 5.32 Å². The molecule has 7 heteroatoms. The summed E-state index contributed by atoms with van der Waals surface area (Å²) in [6, 6.07) is 1.35. The molecule has 0 unspecified atom stereocenters. The molecule has 0 radical (unpaired) electrons. The molecule has 3 N–H and O–H groups in total. The van der Waals surface area contributed by atoms with Crippen molar-refractivity contribution in [3.05, 3.63) is 29.1 Å². The van der Waals surface area contributed by atoms with Gasteiger partial charge in [0.1, 0.15) is 11.9 Å². The second kappa shape index (κ2) is 6.13. The molecule has 1 heterocycles. The molecule has 118 valence electrons. The second-order valence-corrected chi connectivity index (χ2v) is 5.57. The molecule has 0 fully saturated rings. The summed E-state index contributed by atoms with van der Waals surface area (Å²) in [6.07, 6.45) is 0.678. The van der Waals surface area contributed by atoms with Gasteiger partial charge in [0.2, 0.25) is 5.91 Å². The van der Waals surface area contributed by atoms with Gasteiger partial charge in [-0.2, -0.15) is 0 Å². The molecule has 1 aliphatic rings. The van der Waals surface area contributed by atoms with Gasteiger partial charge in [-0.1, -0.05) is 13.8 Å². The number of benzene rings is 1. The van der Waals surface area contributed by atoms with Crippen LogP contribution in [0.15, 0.2) is 12.1 Å². The number of aliphatic carboxylic acids is 1. The maximum atomic E-state index is 14.0. The minimum atomic E-state index is -1.17. The van der Waals surface area contributed by atoms with Crippen molar-refractivity contribution in [3.63, 3.8) is 0 Å². The summed E-state index contributed by atoms with van der Waals surface area (Å²) in [6.45, 7) is 3.30. The summed E-state index contributed by atoms with van der Waals surface area (Å²) in [4.78, 5) is 34.5. The van der Waals surface area contributed by atoms with Gasteiger partial charge in [0.05, 0.1) is 5.56 Å². The molecule has 1 aromatic carbocycles. The van der Waals surface area contributed by atoms with Crippen LogP contribution in [-0.4, -0.2) is 28.9 Å². The van der Waals surface area contributed by atoms with Crippen molar-refractivity contribution in [2.45, 2.75) is 32.7 Å². The van der Waals surface area contributed by atoms with Crippen LogP contribution in [0.3, 0.4) is 0 Å². The average molecular weight is 308 g/mol. The van der Waals surface area contributed by atoms with E-state index >= 15 is 0 Å². The molecule has 1 aromatic rings. The number of carbonyl (C=O) groups excluding carboxylic acids is 2. The molecule has 1 aliphatic heterocycles. The molecule has 1 atom stereocenters. The molecule has 22 heavy (non-hydrogen) atoms. The Bertz CT molecular complexity index is 643. The highest BCUT2D eigenvalue weighted by Gasteiger charge is 2.26. The minimum absolute atomic E-state index is 0.199. The Morgan fingerprint density at radius 3 is 2.59 bits per heavy atom. The normalized spacial score (nSPS) is 15.0. The van der Waals surface area contributed by atoms with Crippen LogP contribution in [0.2, 0.25) is 0 Å². The van der Waals surface area contributed by atoms with E-state index in [4.69, 9.17) is 5.11 Å². The summed E-state index contributed by atoms with van der Waals surface area (Å²) >= 11 is 0. The zero-order chi connectivity index (χ0) is 16.4. The fourth-order valence-electron chi connectivity index (χ4n) is 2.31. The number of nitrogens with one attached hydrogen (secondary N) is 2. The molecular weight excluding hydrogens is 291 g/mol. The lowest BCUT2D eigenvalue weighted by molar-refractivity contribution is -0.140. The number of carboxylic acid groups (broad SMARTS) is 1. The average Bonchev–Trinajstić information content (AvgIpc) is 2.42. The number of amides is 2. The fraction of sp³-hybridized carbons (Fsp3) is 0.400. The maximum Gasteiger partial charge on any atom is 0.326 e. The third-order valence-electron chi connectivity index (χ3n) is 3.55. The van der Waals surface area contributed by atoms with Crippen molar-refractivity contribution in [1.82, 2.24) is 5.32 Å². The van der Waals surface area contributed by atoms with Crippen molar-refractivity contribution >= 4 is 23.5 Å². The van der Waals surface area contributed by atoms with Gasteiger partial charge in [0.25, 0.3) is 5.91 Å². The van der Waals surface area contributed by atoms with E-state index in [0.29, 0.717) is 17.7 Å². The van der Waals surface area contributed by atoms with E-state index < -0.39 is 23.7 Å². The first-order chi connectivity index (χ1) is 10.3.